The lowest BCUT2D eigenvalue weighted by molar-refractivity contribution is -0.130. The number of hydrogen-bond acceptors (Lipinski definition) is 5. The summed E-state index contributed by atoms with van der Waals surface area (Å²) >= 11 is 1.64. The van der Waals surface area contributed by atoms with Gasteiger partial charge in [-0.2, -0.15) is 0 Å². The molecule has 1 aliphatic heterocycles. The van der Waals surface area contributed by atoms with E-state index < -0.39 is 0 Å². The van der Waals surface area contributed by atoms with E-state index >= 15 is 0 Å². The molecule has 168 valence electrons. The number of aryl methyl sites for hydroxylation is 3. The predicted molar refractivity (Wildman–Crippen MR) is 130 cm³/mol. The summed E-state index contributed by atoms with van der Waals surface area (Å²) in [5, 5.41) is 0.766. The number of nitrogens with one attached hydrogen (secondary N) is 1. The maximum absolute atomic E-state index is 12.7. The number of hydrogen-bond donors (Lipinski definition) is 1. The number of thiophene rings is 1. The topological polar surface area (TPSA) is 69.3 Å². The number of amides is 1. The van der Waals surface area contributed by atoms with Crippen LogP contribution in [0.4, 0.5) is 5.69 Å². The van der Waals surface area contributed by atoms with Crippen molar-refractivity contribution in [3.63, 3.8) is 0 Å². The van der Waals surface area contributed by atoms with Crippen molar-refractivity contribution < 1.29 is 4.79 Å². The van der Waals surface area contributed by atoms with Gasteiger partial charge in [0.2, 0.25) is 5.91 Å². The van der Waals surface area contributed by atoms with Crippen molar-refractivity contribution >= 4 is 33.1 Å². The Labute approximate surface area is 192 Å². The van der Waals surface area contributed by atoms with Crippen LogP contribution in [-0.4, -0.2) is 40.9 Å². The molecule has 1 saturated heterocycles. The van der Waals surface area contributed by atoms with E-state index in [1.54, 1.807) is 16.2 Å². The lowest BCUT2D eigenvalue weighted by atomic mass is 10.1. The highest BCUT2D eigenvalue weighted by molar-refractivity contribution is 7.18. The van der Waals surface area contributed by atoms with Crippen LogP contribution in [0.25, 0.3) is 10.2 Å². The Morgan fingerprint density at radius 2 is 1.91 bits per heavy atom. The predicted octanol–water partition coefficient (Wildman–Crippen LogP) is 4.05. The Balaban J connectivity index is 1.18. The molecule has 2 aliphatic rings. The Kier molecular flexibility index (Phi) is 6.00. The molecule has 1 N–H and O–H groups in total. The first-order valence-corrected chi connectivity index (χ1v) is 12.5. The van der Waals surface area contributed by atoms with Gasteiger partial charge in [0.25, 0.3) is 5.56 Å². The number of carbonyl (C=O) groups excluding carboxylic acids is 1. The average molecular weight is 451 g/mol. The third-order valence-electron chi connectivity index (χ3n) is 6.70. The van der Waals surface area contributed by atoms with Gasteiger partial charge < -0.3 is 14.8 Å². The van der Waals surface area contributed by atoms with E-state index in [1.807, 2.05) is 7.05 Å². The molecule has 0 bridgehead atoms. The molecule has 0 spiro atoms. The number of H-pyrrole nitrogens is 1. The van der Waals surface area contributed by atoms with Crippen molar-refractivity contribution in [2.24, 2.45) is 0 Å². The molecule has 3 heterocycles. The van der Waals surface area contributed by atoms with E-state index in [0.29, 0.717) is 25.2 Å². The van der Waals surface area contributed by atoms with Gasteiger partial charge in [0, 0.05) is 50.1 Å². The van der Waals surface area contributed by atoms with Gasteiger partial charge in [-0.3, -0.25) is 9.59 Å². The molecule has 0 unspecified atom stereocenters. The van der Waals surface area contributed by atoms with E-state index in [0.717, 1.165) is 48.1 Å². The Hall–Kier alpha value is -2.67. The van der Waals surface area contributed by atoms with Crippen LogP contribution in [-0.2, 0) is 30.6 Å². The van der Waals surface area contributed by atoms with Gasteiger partial charge in [0.15, 0.2) is 0 Å². The molecule has 5 rings (SSSR count). The third kappa shape index (κ3) is 4.31. The van der Waals surface area contributed by atoms with Crippen LogP contribution < -0.4 is 10.5 Å². The molecule has 0 saturated carbocycles. The fourth-order valence-electron chi connectivity index (χ4n) is 4.91. The minimum atomic E-state index is -0.0565. The van der Waals surface area contributed by atoms with Crippen LogP contribution in [0, 0.1) is 0 Å². The monoisotopic (exact) mass is 450 g/mol. The molecule has 0 atom stereocenters. The minimum absolute atomic E-state index is 0.0565. The summed E-state index contributed by atoms with van der Waals surface area (Å²) in [6.07, 6.45) is 7.79. The fourth-order valence-corrected chi connectivity index (χ4v) is 6.19. The number of carbonyl (C=O) groups is 1. The molecule has 1 aromatic carbocycles. The molecule has 32 heavy (non-hydrogen) atoms. The number of anilines is 1. The second-order valence-corrected chi connectivity index (χ2v) is 10.1. The van der Waals surface area contributed by atoms with Crippen LogP contribution in [0.5, 0.6) is 0 Å². The normalized spacial score (nSPS) is 15.8. The van der Waals surface area contributed by atoms with Crippen LogP contribution >= 0.6 is 11.3 Å². The maximum atomic E-state index is 12.7. The minimum Gasteiger partial charge on any atom is -0.372 e. The summed E-state index contributed by atoms with van der Waals surface area (Å²) in [5.74, 6) is 0.664. The molecule has 1 aliphatic carbocycles. The second kappa shape index (κ2) is 9.06. The van der Waals surface area contributed by atoms with Crippen molar-refractivity contribution in [2.75, 3.05) is 25.0 Å². The maximum Gasteiger partial charge on any atom is 0.259 e. The molecular weight excluding hydrogens is 420 g/mol. The zero-order valence-corrected chi connectivity index (χ0v) is 19.5. The van der Waals surface area contributed by atoms with Gasteiger partial charge in [0.1, 0.15) is 10.7 Å². The Morgan fingerprint density at radius 3 is 2.69 bits per heavy atom. The van der Waals surface area contributed by atoms with Gasteiger partial charge in [-0.1, -0.05) is 12.1 Å². The van der Waals surface area contributed by atoms with E-state index in [-0.39, 0.29) is 11.5 Å². The molecule has 3 aromatic rings. The number of nitrogens with zero attached hydrogens (tertiary/aromatic N) is 3. The second-order valence-electron chi connectivity index (χ2n) is 9.01. The van der Waals surface area contributed by atoms with Gasteiger partial charge >= 0.3 is 0 Å². The molecule has 1 fully saturated rings. The average Bonchev–Trinajstić information content (AvgIpc) is 3.39. The molecule has 1 amide bonds. The first-order valence-electron chi connectivity index (χ1n) is 11.7. The standard InChI is InChI=1S/C25H30N4O2S/c1-28(16-17-8-10-18(11-9-17)29-14-3-2-4-15-29)22(30)13-12-21-26-24(31)23-19-6-5-7-20(19)32-25(23)27-21/h8-11H,2-7,12-16H2,1H3,(H,26,27,31). The fraction of sp³-hybridized carbons (Fsp3) is 0.480. The zero-order chi connectivity index (χ0) is 22.1. The van der Waals surface area contributed by atoms with Crippen molar-refractivity contribution in [3.05, 3.63) is 56.4 Å². The molecule has 0 radical (unpaired) electrons. The van der Waals surface area contributed by atoms with Crippen molar-refractivity contribution in [2.45, 2.75) is 57.9 Å². The van der Waals surface area contributed by atoms with Crippen LogP contribution in [0.1, 0.15) is 53.9 Å². The lowest BCUT2D eigenvalue weighted by Gasteiger charge is -2.29. The van der Waals surface area contributed by atoms with E-state index in [4.69, 9.17) is 0 Å². The number of rotatable bonds is 6. The molecule has 6 nitrogen and oxygen atoms in total. The number of aromatic amines is 1. The van der Waals surface area contributed by atoms with E-state index in [9.17, 15) is 9.59 Å². The van der Waals surface area contributed by atoms with Gasteiger partial charge in [-0.15, -0.1) is 11.3 Å². The number of fused-ring (bicyclic) bond motifs is 3. The Morgan fingerprint density at radius 1 is 1.12 bits per heavy atom. The van der Waals surface area contributed by atoms with Crippen molar-refractivity contribution in [1.29, 1.82) is 0 Å². The largest absolute Gasteiger partial charge is 0.372 e. The quantitative estimate of drug-likeness (QED) is 0.615. The first-order chi connectivity index (χ1) is 15.6. The van der Waals surface area contributed by atoms with Crippen molar-refractivity contribution in [3.8, 4) is 0 Å². The van der Waals surface area contributed by atoms with E-state index in [1.165, 1.54) is 35.4 Å². The molecule has 2 aromatic heterocycles. The number of benzene rings is 1. The molecule has 7 heteroatoms. The SMILES string of the molecule is CN(Cc1ccc(N2CCCCC2)cc1)C(=O)CCc1nc2sc3c(c2c(=O)[nH]1)CCC3. The number of aromatic nitrogens is 2. The van der Waals surface area contributed by atoms with Gasteiger partial charge in [-0.25, -0.2) is 4.98 Å². The first kappa shape index (κ1) is 21.2. The van der Waals surface area contributed by atoms with Gasteiger partial charge in [-0.05, 0) is 61.8 Å². The van der Waals surface area contributed by atoms with E-state index in [2.05, 4.69) is 39.1 Å². The molecular formula is C25H30N4O2S. The van der Waals surface area contributed by atoms with Crippen LogP contribution in [0.3, 0.4) is 0 Å². The Bertz CT molecular complexity index is 1180. The summed E-state index contributed by atoms with van der Waals surface area (Å²) < 4.78 is 0. The lowest BCUT2D eigenvalue weighted by Crippen LogP contribution is -2.29. The van der Waals surface area contributed by atoms with Crippen LogP contribution in [0.15, 0.2) is 29.1 Å². The number of piperidine rings is 1. The summed E-state index contributed by atoms with van der Waals surface area (Å²) in [4.78, 5) is 39.2. The summed E-state index contributed by atoms with van der Waals surface area (Å²) in [6, 6.07) is 8.58. The highest BCUT2D eigenvalue weighted by Gasteiger charge is 2.21. The zero-order valence-electron chi connectivity index (χ0n) is 18.7. The third-order valence-corrected chi connectivity index (χ3v) is 7.89. The van der Waals surface area contributed by atoms with Crippen molar-refractivity contribution in [1.82, 2.24) is 14.9 Å². The summed E-state index contributed by atoms with van der Waals surface area (Å²) in [5.41, 5.74) is 3.53. The smallest absolute Gasteiger partial charge is 0.259 e. The summed E-state index contributed by atoms with van der Waals surface area (Å²) in [6.45, 7) is 2.85. The van der Waals surface area contributed by atoms with Gasteiger partial charge in [0.05, 0.1) is 5.39 Å². The van der Waals surface area contributed by atoms with Crippen LogP contribution in [0.2, 0.25) is 0 Å². The highest BCUT2D eigenvalue weighted by atomic mass is 32.1. The highest BCUT2D eigenvalue weighted by Crippen LogP contribution is 2.34. The summed E-state index contributed by atoms with van der Waals surface area (Å²) in [7, 11) is 1.84.